The average Bonchev–Trinajstić information content (AvgIpc) is 3.39. The second-order valence-electron chi connectivity index (χ2n) is 7.57. The molecule has 0 saturated heterocycles. The highest BCUT2D eigenvalue weighted by Gasteiger charge is 2.25. The number of pyridine rings is 1. The largest absolute Gasteiger partial charge is 0.457 e. The number of aldehydes is 1. The molecule has 0 aliphatic heterocycles. The third-order valence-corrected chi connectivity index (χ3v) is 5.23. The first-order chi connectivity index (χ1) is 14.7. The minimum absolute atomic E-state index is 0.217. The minimum atomic E-state index is -0.419. The van der Waals surface area contributed by atoms with Gasteiger partial charge < -0.3 is 9.14 Å². The maximum absolute atomic E-state index is 12.3. The predicted molar refractivity (Wildman–Crippen MR) is 109 cm³/mol. The van der Waals surface area contributed by atoms with E-state index in [1.165, 1.54) is 24.6 Å². The Morgan fingerprint density at radius 2 is 2.00 bits per heavy atom. The van der Waals surface area contributed by atoms with Gasteiger partial charge in [-0.05, 0) is 36.0 Å². The van der Waals surface area contributed by atoms with Crippen molar-refractivity contribution in [1.29, 1.82) is 0 Å². The molecule has 0 N–H and O–H groups in total. The van der Waals surface area contributed by atoms with E-state index in [-0.39, 0.29) is 6.61 Å². The monoisotopic (exact) mass is 400 g/mol. The van der Waals surface area contributed by atoms with Gasteiger partial charge in [0.2, 0.25) is 0 Å². The molecule has 1 aliphatic carbocycles. The van der Waals surface area contributed by atoms with Crippen LogP contribution in [0.5, 0.6) is 0 Å². The number of esters is 1. The van der Waals surface area contributed by atoms with Gasteiger partial charge in [0.15, 0.2) is 6.29 Å². The smallest absolute Gasteiger partial charge is 0.341 e. The number of fused-ring (bicyclic) bond motifs is 1. The summed E-state index contributed by atoms with van der Waals surface area (Å²) in [6.45, 7) is 0.611. The number of imidazole rings is 1. The number of carbonyl (C=O) groups excluding carboxylic acids is 2. The van der Waals surface area contributed by atoms with Crippen molar-refractivity contribution >= 4 is 17.9 Å². The van der Waals surface area contributed by atoms with E-state index in [4.69, 9.17) is 4.74 Å². The maximum atomic E-state index is 12.3. The summed E-state index contributed by atoms with van der Waals surface area (Å²) in [5, 5.41) is 4.25. The lowest BCUT2D eigenvalue weighted by Crippen LogP contribution is -2.05. The van der Waals surface area contributed by atoms with Gasteiger partial charge in [0.25, 0.3) is 0 Å². The molecule has 1 aromatic carbocycles. The fourth-order valence-corrected chi connectivity index (χ4v) is 3.53. The lowest BCUT2D eigenvalue weighted by atomic mass is 10.1. The Bertz CT molecular complexity index is 1220. The molecule has 30 heavy (non-hydrogen) atoms. The molecule has 0 unspecified atom stereocenters. The van der Waals surface area contributed by atoms with E-state index >= 15 is 0 Å². The molecule has 5 rings (SSSR count). The van der Waals surface area contributed by atoms with E-state index in [2.05, 4.69) is 10.1 Å². The van der Waals surface area contributed by atoms with Crippen LogP contribution >= 0.6 is 0 Å². The average molecular weight is 400 g/mol. The lowest BCUT2D eigenvalue weighted by Gasteiger charge is -2.02. The van der Waals surface area contributed by atoms with Gasteiger partial charge in [-0.1, -0.05) is 30.3 Å². The number of rotatable bonds is 7. The zero-order valence-electron chi connectivity index (χ0n) is 16.3. The molecular weight excluding hydrogens is 380 g/mol. The molecular formula is C23H20N4O3. The summed E-state index contributed by atoms with van der Waals surface area (Å²) in [6, 6.07) is 11.5. The predicted octanol–water partition coefficient (Wildman–Crippen LogP) is 3.63. The van der Waals surface area contributed by atoms with Crippen LogP contribution in [0.1, 0.15) is 56.3 Å². The van der Waals surface area contributed by atoms with Crippen LogP contribution in [-0.2, 0) is 17.9 Å². The van der Waals surface area contributed by atoms with Crippen molar-refractivity contribution in [2.75, 3.05) is 0 Å². The third kappa shape index (κ3) is 3.74. The van der Waals surface area contributed by atoms with Crippen LogP contribution in [0.25, 0.3) is 5.65 Å². The van der Waals surface area contributed by atoms with E-state index in [0.29, 0.717) is 29.2 Å². The Balaban J connectivity index is 1.30. The van der Waals surface area contributed by atoms with Crippen LogP contribution in [0.15, 0.2) is 61.2 Å². The summed E-state index contributed by atoms with van der Waals surface area (Å²) in [7, 11) is 0. The molecule has 1 saturated carbocycles. The van der Waals surface area contributed by atoms with E-state index in [0.717, 1.165) is 17.5 Å². The molecule has 1 aliphatic rings. The van der Waals surface area contributed by atoms with Crippen molar-refractivity contribution in [2.24, 2.45) is 0 Å². The Morgan fingerprint density at radius 3 is 2.77 bits per heavy atom. The van der Waals surface area contributed by atoms with Gasteiger partial charge in [-0.3, -0.25) is 9.48 Å². The van der Waals surface area contributed by atoms with Gasteiger partial charge >= 0.3 is 5.97 Å². The number of carbonyl (C=O) groups is 2. The number of benzene rings is 1. The fraction of sp³-hybridized carbons (Fsp3) is 0.217. The number of hydrogen-bond acceptors (Lipinski definition) is 5. The quantitative estimate of drug-likeness (QED) is 0.350. The summed E-state index contributed by atoms with van der Waals surface area (Å²) in [4.78, 5) is 28.4. The van der Waals surface area contributed by atoms with Crippen molar-refractivity contribution < 1.29 is 14.3 Å². The third-order valence-electron chi connectivity index (χ3n) is 5.23. The fourth-order valence-electron chi connectivity index (χ4n) is 3.53. The highest BCUT2D eigenvalue weighted by atomic mass is 16.5. The molecule has 0 amide bonds. The zero-order valence-corrected chi connectivity index (χ0v) is 16.3. The Kier molecular flexibility index (Phi) is 4.63. The van der Waals surface area contributed by atoms with E-state index in [1.54, 1.807) is 10.9 Å². The first kappa shape index (κ1) is 18.3. The van der Waals surface area contributed by atoms with Crippen molar-refractivity contribution in [1.82, 2.24) is 19.2 Å². The van der Waals surface area contributed by atoms with Gasteiger partial charge in [-0.15, -0.1) is 0 Å². The van der Waals surface area contributed by atoms with Crippen LogP contribution in [0.4, 0.5) is 0 Å². The van der Waals surface area contributed by atoms with Crippen molar-refractivity contribution in [2.45, 2.75) is 31.9 Å². The molecule has 3 heterocycles. The lowest BCUT2D eigenvalue weighted by molar-refractivity contribution is 0.0472. The minimum Gasteiger partial charge on any atom is -0.457 e. The summed E-state index contributed by atoms with van der Waals surface area (Å²) >= 11 is 0. The Hall–Kier alpha value is -3.74. The normalized spacial score (nSPS) is 13.5. The van der Waals surface area contributed by atoms with Crippen LogP contribution in [-0.4, -0.2) is 31.4 Å². The molecule has 0 radical (unpaired) electrons. The maximum Gasteiger partial charge on any atom is 0.341 e. The van der Waals surface area contributed by atoms with Gasteiger partial charge in [-0.25, -0.2) is 9.78 Å². The van der Waals surface area contributed by atoms with Crippen molar-refractivity contribution in [3.63, 3.8) is 0 Å². The number of aromatic nitrogens is 4. The zero-order chi connectivity index (χ0) is 20.5. The Morgan fingerprint density at radius 1 is 1.17 bits per heavy atom. The van der Waals surface area contributed by atoms with Crippen molar-refractivity contribution in [3.8, 4) is 0 Å². The first-order valence-corrected chi connectivity index (χ1v) is 9.90. The van der Waals surface area contributed by atoms with Gasteiger partial charge in [0.05, 0.1) is 29.6 Å². The molecule has 150 valence electrons. The first-order valence-electron chi connectivity index (χ1n) is 9.90. The number of ether oxygens (including phenoxy) is 1. The number of hydrogen-bond donors (Lipinski definition) is 0. The second kappa shape index (κ2) is 7.59. The van der Waals surface area contributed by atoms with Crippen LogP contribution < -0.4 is 0 Å². The highest BCUT2D eigenvalue weighted by Crippen LogP contribution is 2.40. The van der Waals surface area contributed by atoms with E-state index in [9.17, 15) is 9.59 Å². The SMILES string of the molecule is O=Cc1cc(C2CC2)cn2cc(Cn3cc(C(=O)OCc4ccccc4)cn3)nc12. The Labute approximate surface area is 172 Å². The standard InChI is InChI=1S/C23H20N4O3/c28-14-19-8-18(17-6-7-17)10-26-12-21(25-22(19)26)13-27-11-20(9-24-27)23(29)30-15-16-4-2-1-3-5-16/h1-5,8-12,14,17H,6-7,13,15H2. The molecule has 1 fully saturated rings. The number of nitrogens with zero attached hydrogens (tertiary/aromatic N) is 4. The van der Waals surface area contributed by atoms with Gasteiger partial charge in [-0.2, -0.15) is 5.10 Å². The molecule has 4 aromatic rings. The van der Waals surface area contributed by atoms with Crippen LogP contribution in [0.3, 0.4) is 0 Å². The second-order valence-corrected chi connectivity index (χ2v) is 7.57. The van der Waals surface area contributed by atoms with E-state index < -0.39 is 5.97 Å². The highest BCUT2D eigenvalue weighted by molar-refractivity contribution is 5.88. The van der Waals surface area contributed by atoms with Crippen LogP contribution in [0.2, 0.25) is 0 Å². The molecule has 0 bridgehead atoms. The molecule has 3 aromatic heterocycles. The summed E-state index contributed by atoms with van der Waals surface area (Å²) in [6.07, 6.45) is 10.3. The van der Waals surface area contributed by atoms with Crippen molar-refractivity contribution in [3.05, 3.63) is 89.1 Å². The topological polar surface area (TPSA) is 78.5 Å². The van der Waals surface area contributed by atoms with Crippen LogP contribution in [0, 0.1) is 0 Å². The molecule has 0 spiro atoms. The molecule has 7 heteroatoms. The van der Waals surface area contributed by atoms with Gasteiger partial charge in [0, 0.05) is 18.6 Å². The summed E-state index contributed by atoms with van der Waals surface area (Å²) < 4.78 is 8.90. The molecule has 7 nitrogen and oxygen atoms in total. The van der Waals surface area contributed by atoms with Gasteiger partial charge in [0.1, 0.15) is 12.3 Å². The summed E-state index contributed by atoms with van der Waals surface area (Å²) in [5.74, 6) is 0.131. The molecule has 0 atom stereocenters. The van der Waals surface area contributed by atoms with E-state index in [1.807, 2.05) is 53.2 Å². The summed E-state index contributed by atoms with van der Waals surface area (Å²) in [5.41, 5.74) is 4.49.